The summed E-state index contributed by atoms with van der Waals surface area (Å²) in [6.45, 7) is 0. The van der Waals surface area contributed by atoms with Gasteiger partial charge in [0.25, 0.3) is 5.91 Å². The van der Waals surface area contributed by atoms with Crippen molar-refractivity contribution in [1.29, 1.82) is 0 Å². The molecule has 1 amide bonds. The predicted octanol–water partition coefficient (Wildman–Crippen LogP) is 2.62. The number of carboxylic acids is 1. The summed E-state index contributed by atoms with van der Waals surface area (Å²) in [5.74, 6) is -1.33. The van der Waals surface area contributed by atoms with E-state index in [0.717, 1.165) is 8.04 Å². The number of amides is 1. The fourth-order valence-corrected chi connectivity index (χ4v) is 2.65. The minimum atomic E-state index is -1.02. The highest BCUT2D eigenvalue weighted by Gasteiger charge is 2.34. The molecule has 2 unspecified atom stereocenters. The highest BCUT2D eigenvalue weighted by atomic mass is 127. The number of halogens is 2. The molecule has 7 heteroatoms. The van der Waals surface area contributed by atoms with E-state index >= 15 is 0 Å². The fourth-order valence-electron chi connectivity index (χ4n) is 1.82. The number of carbonyl (C=O) groups is 2. The number of ether oxygens (including phenoxy) is 1. The number of aliphatic carboxylic acids is 1. The number of anilines is 1. The highest BCUT2D eigenvalue weighted by molar-refractivity contribution is 14.1. The van der Waals surface area contributed by atoms with Crippen LogP contribution >= 0.6 is 38.5 Å². The van der Waals surface area contributed by atoms with Crippen LogP contribution in [-0.4, -0.2) is 29.2 Å². The first-order chi connectivity index (χ1) is 8.97. The van der Waals surface area contributed by atoms with Crippen LogP contribution in [0.5, 0.6) is 0 Å². The van der Waals surface area contributed by atoms with Crippen molar-refractivity contribution in [3.05, 3.63) is 26.2 Å². The first-order valence-electron chi connectivity index (χ1n) is 5.61. The Morgan fingerprint density at radius 2 is 2.05 bits per heavy atom. The second-order valence-corrected chi connectivity index (χ2v) is 6.22. The van der Waals surface area contributed by atoms with E-state index in [1.165, 1.54) is 0 Å². The lowest BCUT2D eigenvalue weighted by Crippen LogP contribution is -2.30. The van der Waals surface area contributed by atoms with Gasteiger partial charge in [0.15, 0.2) is 6.10 Å². The van der Waals surface area contributed by atoms with E-state index in [0.29, 0.717) is 18.5 Å². The van der Waals surface area contributed by atoms with Gasteiger partial charge in [-0.15, -0.1) is 0 Å². The molecule has 0 saturated carbocycles. The molecule has 1 heterocycles. The summed E-state index contributed by atoms with van der Waals surface area (Å²) >= 11 is 5.45. The molecule has 1 fully saturated rings. The van der Waals surface area contributed by atoms with Gasteiger partial charge in [-0.25, -0.2) is 4.79 Å². The van der Waals surface area contributed by atoms with Crippen LogP contribution in [0.2, 0.25) is 0 Å². The Balaban J connectivity index is 2.02. The van der Waals surface area contributed by atoms with Crippen LogP contribution in [0.4, 0.5) is 5.69 Å². The average molecular weight is 440 g/mol. The van der Waals surface area contributed by atoms with Crippen molar-refractivity contribution in [2.45, 2.75) is 25.0 Å². The third kappa shape index (κ3) is 3.67. The quantitative estimate of drug-likeness (QED) is 0.710. The van der Waals surface area contributed by atoms with Crippen molar-refractivity contribution in [3.8, 4) is 0 Å². The molecule has 0 aliphatic carbocycles. The molecule has 5 nitrogen and oxygen atoms in total. The molecule has 0 radical (unpaired) electrons. The average Bonchev–Trinajstić information content (AvgIpc) is 2.83. The lowest BCUT2D eigenvalue weighted by Gasteiger charge is -2.13. The lowest BCUT2D eigenvalue weighted by molar-refractivity contribution is -0.150. The molecule has 102 valence electrons. The van der Waals surface area contributed by atoms with E-state index in [4.69, 9.17) is 9.84 Å². The molecule has 1 aliphatic rings. The summed E-state index contributed by atoms with van der Waals surface area (Å²) in [6, 6.07) is 5.54. The summed E-state index contributed by atoms with van der Waals surface area (Å²) in [4.78, 5) is 22.8. The smallest absolute Gasteiger partial charge is 0.332 e. The molecule has 1 aromatic carbocycles. The normalized spacial score (nSPS) is 22.2. The minimum absolute atomic E-state index is 0.306. The molecule has 1 aliphatic heterocycles. The van der Waals surface area contributed by atoms with Gasteiger partial charge < -0.3 is 15.2 Å². The molecule has 2 atom stereocenters. The Labute approximate surface area is 132 Å². The zero-order valence-corrected chi connectivity index (χ0v) is 13.5. The molecule has 2 N–H and O–H groups in total. The predicted molar refractivity (Wildman–Crippen MR) is 81.0 cm³/mol. The highest BCUT2D eigenvalue weighted by Crippen LogP contribution is 2.25. The van der Waals surface area contributed by atoms with Crippen molar-refractivity contribution in [1.82, 2.24) is 0 Å². The van der Waals surface area contributed by atoms with Gasteiger partial charge in [0.2, 0.25) is 0 Å². The molecule has 0 aromatic heterocycles. The van der Waals surface area contributed by atoms with Crippen LogP contribution in [0, 0.1) is 3.57 Å². The van der Waals surface area contributed by atoms with Crippen molar-refractivity contribution in [2.24, 2.45) is 0 Å². The number of nitrogens with one attached hydrogen (secondary N) is 1. The third-order valence-electron chi connectivity index (χ3n) is 2.77. The van der Waals surface area contributed by atoms with Crippen molar-refractivity contribution in [3.63, 3.8) is 0 Å². The van der Waals surface area contributed by atoms with Crippen molar-refractivity contribution < 1.29 is 19.4 Å². The Morgan fingerprint density at radius 3 is 2.68 bits per heavy atom. The monoisotopic (exact) mass is 439 g/mol. The fraction of sp³-hybridized carbons (Fsp3) is 0.333. The van der Waals surface area contributed by atoms with Crippen LogP contribution in [0.25, 0.3) is 0 Å². The second kappa shape index (κ2) is 6.19. The molecule has 19 heavy (non-hydrogen) atoms. The van der Waals surface area contributed by atoms with Gasteiger partial charge in [0, 0.05) is 8.04 Å². The zero-order chi connectivity index (χ0) is 14.0. The summed E-state index contributed by atoms with van der Waals surface area (Å²) < 4.78 is 6.97. The zero-order valence-electron chi connectivity index (χ0n) is 9.73. The number of benzene rings is 1. The van der Waals surface area contributed by atoms with Crippen LogP contribution in [0.1, 0.15) is 12.8 Å². The summed E-state index contributed by atoms with van der Waals surface area (Å²) in [7, 11) is 0. The third-order valence-corrected chi connectivity index (χ3v) is 4.21. The van der Waals surface area contributed by atoms with E-state index in [1.54, 1.807) is 6.07 Å². The van der Waals surface area contributed by atoms with E-state index in [9.17, 15) is 9.59 Å². The largest absolute Gasteiger partial charge is 0.479 e. The number of carboxylic acid groups (broad SMARTS) is 1. The molecule has 2 rings (SSSR count). The minimum Gasteiger partial charge on any atom is -0.479 e. The first kappa shape index (κ1) is 14.7. The maximum atomic E-state index is 12.0. The maximum absolute atomic E-state index is 12.0. The van der Waals surface area contributed by atoms with Gasteiger partial charge in [-0.05, 0) is 53.6 Å². The van der Waals surface area contributed by atoms with Gasteiger partial charge in [-0.1, -0.05) is 15.9 Å². The van der Waals surface area contributed by atoms with Gasteiger partial charge in [-0.3, -0.25) is 4.79 Å². The Morgan fingerprint density at radius 1 is 1.37 bits per heavy atom. The summed E-state index contributed by atoms with van der Waals surface area (Å²) in [5.41, 5.74) is 0.683. The Kier molecular flexibility index (Phi) is 4.80. The van der Waals surface area contributed by atoms with Crippen molar-refractivity contribution >= 4 is 56.1 Å². The van der Waals surface area contributed by atoms with Crippen molar-refractivity contribution in [2.75, 3.05) is 5.32 Å². The number of carbonyl (C=O) groups excluding carboxylic acids is 1. The molecule has 0 bridgehead atoms. The van der Waals surface area contributed by atoms with Gasteiger partial charge in [0.1, 0.15) is 6.10 Å². The van der Waals surface area contributed by atoms with Crippen LogP contribution in [0.3, 0.4) is 0 Å². The van der Waals surface area contributed by atoms with Gasteiger partial charge >= 0.3 is 5.97 Å². The molecule has 0 spiro atoms. The molecule has 1 aromatic rings. The lowest BCUT2D eigenvalue weighted by atomic mass is 10.2. The SMILES string of the molecule is O=C(O)C1CCC(C(=O)Nc2cc(Br)ccc2I)O1. The van der Waals surface area contributed by atoms with Crippen LogP contribution < -0.4 is 5.32 Å². The number of rotatable bonds is 3. The molecular formula is C12H11BrINO4. The Bertz CT molecular complexity index is 522. The van der Waals surface area contributed by atoms with E-state index in [1.807, 2.05) is 12.1 Å². The summed E-state index contributed by atoms with van der Waals surface area (Å²) in [6.07, 6.45) is -0.788. The number of hydrogen-bond donors (Lipinski definition) is 2. The second-order valence-electron chi connectivity index (χ2n) is 4.14. The number of hydrogen-bond acceptors (Lipinski definition) is 3. The molecule has 1 saturated heterocycles. The molecular weight excluding hydrogens is 429 g/mol. The first-order valence-corrected chi connectivity index (χ1v) is 7.48. The van der Waals surface area contributed by atoms with E-state index in [2.05, 4.69) is 43.8 Å². The standard InChI is InChI=1S/C12H11BrINO4/c13-6-1-2-7(14)8(5-6)15-11(16)9-3-4-10(19-9)12(17)18/h1-2,5,9-10H,3-4H2,(H,15,16)(H,17,18). The maximum Gasteiger partial charge on any atom is 0.332 e. The van der Waals surface area contributed by atoms with E-state index in [-0.39, 0.29) is 5.91 Å². The topological polar surface area (TPSA) is 75.6 Å². The van der Waals surface area contributed by atoms with Gasteiger partial charge in [-0.2, -0.15) is 0 Å². The van der Waals surface area contributed by atoms with Gasteiger partial charge in [0.05, 0.1) is 5.69 Å². The van der Waals surface area contributed by atoms with E-state index < -0.39 is 18.2 Å². The van der Waals surface area contributed by atoms with Crippen LogP contribution in [0.15, 0.2) is 22.7 Å². The van der Waals surface area contributed by atoms with Crippen LogP contribution in [-0.2, 0) is 14.3 Å². The Hall–Kier alpha value is -0.670. The summed E-state index contributed by atoms with van der Waals surface area (Å²) in [5, 5.41) is 11.6.